The van der Waals surface area contributed by atoms with Gasteiger partial charge in [-0.15, -0.1) is 0 Å². The molecular weight excluding hydrogens is 445 g/mol. The number of β-amino-alcohol motifs (C(OH)–C–C–N with tert-alkyl or cyclic N) is 1. The van der Waals surface area contributed by atoms with Crippen molar-refractivity contribution >= 4 is 12.2 Å². The highest BCUT2D eigenvalue weighted by molar-refractivity contribution is 5.49. The molecule has 192 valence electrons. The van der Waals surface area contributed by atoms with Crippen LogP contribution in [0.25, 0.3) is 0 Å². The minimum atomic E-state index is -4.33. The van der Waals surface area contributed by atoms with Crippen LogP contribution in [0.1, 0.15) is 69.8 Å². The molecule has 9 heteroatoms. The second-order valence-corrected chi connectivity index (χ2v) is 7.02. The lowest BCUT2D eigenvalue weighted by molar-refractivity contribution is -0.137. The van der Waals surface area contributed by atoms with Gasteiger partial charge in [0.1, 0.15) is 11.6 Å². The van der Waals surface area contributed by atoms with Gasteiger partial charge in [-0.05, 0) is 37.5 Å². The van der Waals surface area contributed by atoms with E-state index in [1.807, 2.05) is 48.5 Å². The zero-order valence-corrected chi connectivity index (χ0v) is 21.3. The van der Waals surface area contributed by atoms with Crippen molar-refractivity contribution < 1.29 is 23.1 Å². The molecule has 0 saturated carbocycles. The summed E-state index contributed by atoms with van der Waals surface area (Å²) in [6.07, 6.45) is -2.28. The Morgan fingerprint density at radius 2 is 1.74 bits per heavy atom. The smallest absolute Gasteiger partial charge is 0.389 e. The summed E-state index contributed by atoms with van der Waals surface area (Å²) < 4.78 is 38.3. The van der Waals surface area contributed by atoms with Gasteiger partial charge in [0.05, 0.1) is 11.7 Å². The van der Waals surface area contributed by atoms with Gasteiger partial charge < -0.3 is 15.3 Å². The maximum Gasteiger partial charge on any atom is 0.416 e. The zero-order valence-electron chi connectivity index (χ0n) is 21.3. The van der Waals surface area contributed by atoms with Crippen LogP contribution in [-0.2, 0) is 30.4 Å². The van der Waals surface area contributed by atoms with Gasteiger partial charge in [-0.1, -0.05) is 53.7 Å². The number of carbonyl (C=O) groups excluding carboxylic acids is 1. The second kappa shape index (κ2) is 16.0. The minimum Gasteiger partial charge on any atom is -0.389 e. The highest BCUT2D eigenvalue weighted by Crippen LogP contribution is 2.29. The Morgan fingerprint density at radius 1 is 1.12 bits per heavy atom. The van der Waals surface area contributed by atoms with Crippen molar-refractivity contribution in [1.29, 1.82) is 0 Å². The van der Waals surface area contributed by atoms with E-state index >= 15 is 0 Å². The Hall–Kier alpha value is -2.68. The molecule has 0 unspecified atom stereocenters. The van der Waals surface area contributed by atoms with Gasteiger partial charge in [0.25, 0.3) is 0 Å². The number of amides is 1. The maximum absolute atomic E-state index is 12.8. The molecule has 3 rings (SSSR count). The minimum absolute atomic E-state index is 0.259. The molecule has 2 aromatic rings. The van der Waals surface area contributed by atoms with Gasteiger partial charge in [-0.25, -0.2) is 9.97 Å². The number of likely N-dealkylation sites (tertiary alicyclic amines) is 1. The third kappa shape index (κ3) is 10.1. The van der Waals surface area contributed by atoms with E-state index in [4.69, 9.17) is 5.11 Å². The number of nitrogens with one attached hydrogen (secondary N) is 1. The van der Waals surface area contributed by atoms with Crippen LogP contribution in [0.3, 0.4) is 0 Å². The Kier molecular flexibility index (Phi) is 14.8. The molecule has 2 heterocycles. The van der Waals surface area contributed by atoms with Gasteiger partial charge in [-0.2, -0.15) is 13.2 Å². The summed E-state index contributed by atoms with van der Waals surface area (Å²) in [5, 5.41) is 11.7. The number of nitrogens with zero attached hydrogens (tertiary/aromatic N) is 3. The third-order valence-corrected chi connectivity index (χ3v) is 4.65. The van der Waals surface area contributed by atoms with Crippen molar-refractivity contribution in [3.05, 3.63) is 52.5 Å². The van der Waals surface area contributed by atoms with Gasteiger partial charge in [-0.3, -0.25) is 4.79 Å². The lowest BCUT2D eigenvalue weighted by atomic mass is 10.1. The second-order valence-electron chi connectivity index (χ2n) is 7.02. The van der Waals surface area contributed by atoms with Crippen LogP contribution < -0.4 is 5.32 Å². The average molecular weight is 485 g/mol. The number of carbonyl (C=O) groups is 1. The quantitative estimate of drug-likeness (QED) is 0.536. The van der Waals surface area contributed by atoms with Crippen LogP contribution in [0.15, 0.2) is 24.3 Å². The van der Waals surface area contributed by atoms with Crippen molar-refractivity contribution in [3.8, 4) is 0 Å². The number of aliphatic hydroxyl groups excluding tert-OH is 1. The Balaban J connectivity index is 0.000000826. The van der Waals surface area contributed by atoms with Gasteiger partial charge in [0.2, 0.25) is 6.41 Å². The summed E-state index contributed by atoms with van der Waals surface area (Å²) in [6, 6.07) is 5.32. The van der Waals surface area contributed by atoms with E-state index in [-0.39, 0.29) is 12.6 Å². The number of anilines is 1. The van der Waals surface area contributed by atoms with E-state index in [1.54, 1.807) is 6.07 Å². The predicted molar refractivity (Wildman–Crippen MR) is 131 cm³/mol. The summed E-state index contributed by atoms with van der Waals surface area (Å²) in [6.45, 7) is 15.2. The fourth-order valence-corrected chi connectivity index (χ4v) is 3.08. The van der Waals surface area contributed by atoms with Gasteiger partial charge in [0.15, 0.2) is 0 Å². The molecule has 34 heavy (non-hydrogen) atoms. The van der Waals surface area contributed by atoms with Crippen molar-refractivity contribution in [2.24, 2.45) is 0 Å². The van der Waals surface area contributed by atoms with Crippen molar-refractivity contribution in [1.82, 2.24) is 14.9 Å². The molecule has 2 N–H and O–H groups in total. The number of aromatic nitrogens is 2. The Bertz CT molecular complexity index is 855. The Labute approximate surface area is 201 Å². The van der Waals surface area contributed by atoms with E-state index in [2.05, 4.69) is 15.3 Å². The first kappa shape index (κ1) is 31.3. The maximum atomic E-state index is 12.8. The summed E-state index contributed by atoms with van der Waals surface area (Å²) >= 11 is 0. The van der Waals surface area contributed by atoms with Crippen LogP contribution in [0.2, 0.25) is 0 Å². The number of rotatable bonds is 6. The molecule has 0 spiro atoms. The summed E-state index contributed by atoms with van der Waals surface area (Å²) in [7, 11) is 0. The molecule has 1 aromatic heterocycles. The monoisotopic (exact) mass is 484 g/mol. The number of alkyl halides is 3. The number of benzene rings is 1. The molecule has 0 aliphatic carbocycles. The first-order valence-corrected chi connectivity index (χ1v) is 11.8. The normalized spacial score (nSPS) is 12.6. The standard InChI is InChI=1S/C17H20F3N3.C4H7NO2.2C2H6/c1-4-14-15(5-2)22-11(3)23-16(14)21-10-12-7-6-8-13(9-12)17(18,19)20;6-3-5-1-4(7)2-5;2*1-2/h6-9H,4-5,10H2,1-3H3,(H,21,22,23);3-4,7H,1-2H2;2*1-2H3. The number of hydrogen-bond donors (Lipinski definition) is 2. The first-order valence-electron chi connectivity index (χ1n) is 11.8. The molecule has 1 aliphatic heterocycles. The Morgan fingerprint density at radius 3 is 2.18 bits per heavy atom. The summed E-state index contributed by atoms with van der Waals surface area (Å²) in [4.78, 5) is 20.1. The summed E-state index contributed by atoms with van der Waals surface area (Å²) in [5.74, 6) is 1.36. The largest absolute Gasteiger partial charge is 0.416 e. The zero-order chi connectivity index (χ0) is 26.3. The van der Waals surface area contributed by atoms with Crippen LogP contribution >= 0.6 is 0 Å². The van der Waals surface area contributed by atoms with Crippen LogP contribution in [0, 0.1) is 6.92 Å². The summed E-state index contributed by atoms with van der Waals surface area (Å²) in [5.41, 5.74) is 1.92. The molecule has 6 nitrogen and oxygen atoms in total. The van der Waals surface area contributed by atoms with E-state index in [0.717, 1.165) is 42.6 Å². The lowest BCUT2D eigenvalue weighted by Crippen LogP contribution is -2.49. The number of aryl methyl sites for hydroxylation is 2. The van der Waals surface area contributed by atoms with Gasteiger partial charge in [0, 0.05) is 30.9 Å². The molecule has 1 aromatic carbocycles. The van der Waals surface area contributed by atoms with Crippen LogP contribution in [0.5, 0.6) is 0 Å². The van der Waals surface area contributed by atoms with Crippen LogP contribution in [0.4, 0.5) is 19.0 Å². The molecule has 1 fully saturated rings. The lowest BCUT2D eigenvalue weighted by Gasteiger charge is -2.31. The van der Waals surface area contributed by atoms with E-state index < -0.39 is 11.7 Å². The highest BCUT2D eigenvalue weighted by atomic mass is 19.4. The van der Waals surface area contributed by atoms with Crippen LogP contribution in [-0.4, -0.2) is 45.6 Å². The number of aliphatic hydroxyl groups is 1. The van der Waals surface area contributed by atoms with Crippen molar-refractivity contribution in [2.75, 3.05) is 18.4 Å². The van der Waals surface area contributed by atoms with E-state index in [1.165, 1.54) is 11.0 Å². The molecular formula is C25H39F3N4O2. The van der Waals surface area contributed by atoms with Crippen molar-refractivity contribution in [3.63, 3.8) is 0 Å². The highest BCUT2D eigenvalue weighted by Gasteiger charge is 2.30. The van der Waals surface area contributed by atoms with Gasteiger partial charge >= 0.3 is 6.18 Å². The fraction of sp³-hybridized carbons (Fsp3) is 0.560. The third-order valence-electron chi connectivity index (χ3n) is 4.65. The molecule has 1 saturated heterocycles. The molecule has 1 aliphatic rings. The van der Waals surface area contributed by atoms with E-state index in [0.29, 0.717) is 30.3 Å². The van der Waals surface area contributed by atoms with E-state index in [9.17, 15) is 18.0 Å². The predicted octanol–water partition coefficient (Wildman–Crippen LogP) is 5.41. The topological polar surface area (TPSA) is 78.4 Å². The molecule has 0 bridgehead atoms. The molecule has 1 amide bonds. The fourth-order valence-electron chi connectivity index (χ4n) is 3.08. The molecule has 0 atom stereocenters. The SMILES string of the molecule is CC.CC.CCc1nc(C)nc(NCc2cccc(C(F)(F)F)c2)c1CC.O=CN1CC(O)C1. The first-order chi connectivity index (χ1) is 16.2. The average Bonchev–Trinajstić information content (AvgIpc) is 2.82. The molecule has 0 radical (unpaired) electrons. The number of hydrogen-bond acceptors (Lipinski definition) is 5. The van der Waals surface area contributed by atoms with Crippen molar-refractivity contribution in [2.45, 2.75) is 80.1 Å². The number of halogens is 3.